The SMILES string of the molecule is CCCCCC(=O)N1CC[C@H]2CC(=O)Nc3cc(-c4cccnc4)ccc3OCC[C@H]2C1. The molecule has 1 fully saturated rings. The second kappa shape index (κ2) is 10.6. The Morgan fingerprint density at radius 2 is 2.09 bits per heavy atom. The van der Waals surface area contributed by atoms with Crippen molar-refractivity contribution >= 4 is 17.5 Å². The number of rotatable bonds is 5. The lowest BCUT2D eigenvalue weighted by molar-refractivity contribution is -0.134. The number of nitrogens with one attached hydrogen (secondary N) is 1. The zero-order valence-electron chi connectivity index (χ0n) is 18.9. The molecule has 2 aromatic rings. The van der Waals surface area contributed by atoms with Gasteiger partial charge in [-0.05, 0) is 54.9 Å². The van der Waals surface area contributed by atoms with Gasteiger partial charge in [0, 0.05) is 43.9 Å². The van der Waals surface area contributed by atoms with Crippen LogP contribution in [0.4, 0.5) is 5.69 Å². The van der Waals surface area contributed by atoms with Crippen molar-refractivity contribution in [2.24, 2.45) is 11.8 Å². The third-order valence-corrected chi connectivity index (χ3v) is 6.68. The van der Waals surface area contributed by atoms with E-state index < -0.39 is 0 Å². The highest BCUT2D eigenvalue weighted by atomic mass is 16.5. The van der Waals surface area contributed by atoms with Crippen molar-refractivity contribution in [2.75, 3.05) is 25.0 Å². The number of hydrogen-bond donors (Lipinski definition) is 1. The number of nitrogens with zero attached hydrogens (tertiary/aromatic N) is 2. The van der Waals surface area contributed by atoms with Gasteiger partial charge in [0.15, 0.2) is 0 Å². The fraction of sp³-hybridized carbons (Fsp3) is 0.500. The summed E-state index contributed by atoms with van der Waals surface area (Å²) in [7, 11) is 0. The van der Waals surface area contributed by atoms with Crippen molar-refractivity contribution in [2.45, 2.75) is 51.9 Å². The molecule has 3 heterocycles. The van der Waals surface area contributed by atoms with Gasteiger partial charge in [-0.15, -0.1) is 0 Å². The Morgan fingerprint density at radius 3 is 2.91 bits per heavy atom. The highest BCUT2D eigenvalue weighted by Crippen LogP contribution is 2.35. The van der Waals surface area contributed by atoms with Gasteiger partial charge in [-0.1, -0.05) is 31.9 Å². The van der Waals surface area contributed by atoms with E-state index in [0.717, 1.165) is 56.3 Å². The van der Waals surface area contributed by atoms with E-state index in [1.807, 2.05) is 41.4 Å². The summed E-state index contributed by atoms with van der Waals surface area (Å²) in [6.07, 6.45) is 9.58. The monoisotopic (exact) mass is 435 g/mol. The van der Waals surface area contributed by atoms with E-state index in [9.17, 15) is 9.59 Å². The smallest absolute Gasteiger partial charge is 0.224 e. The maximum absolute atomic E-state index is 12.9. The first kappa shape index (κ1) is 22.3. The van der Waals surface area contributed by atoms with Gasteiger partial charge in [-0.3, -0.25) is 14.6 Å². The highest BCUT2D eigenvalue weighted by molar-refractivity contribution is 5.93. The average molecular weight is 436 g/mol. The molecule has 2 aliphatic rings. The van der Waals surface area contributed by atoms with Gasteiger partial charge in [-0.2, -0.15) is 0 Å². The summed E-state index contributed by atoms with van der Waals surface area (Å²) in [4.78, 5) is 31.7. The lowest BCUT2D eigenvalue weighted by Crippen LogP contribution is -2.45. The van der Waals surface area contributed by atoms with Crippen LogP contribution in [0.15, 0.2) is 42.7 Å². The zero-order valence-corrected chi connectivity index (χ0v) is 18.9. The summed E-state index contributed by atoms with van der Waals surface area (Å²) in [5.41, 5.74) is 2.70. The normalized spacial score (nSPS) is 21.0. The first-order valence-corrected chi connectivity index (χ1v) is 11.9. The Hall–Kier alpha value is -2.89. The fourth-order valence-electron chi connectivity index (χ4n) is 4.81. The number of likely N-dealkylation sites (tertiary alicyclic amines) is 1. The third-order valence-electron chi connectivity index (χ3n) is 6.68. The van der Waals surface area contributed by atoms with E-state index in [1.165, 1.54) is 0 Å². The molecule has 2 atom stereocenters. The molecule has 6 heteroatoms. The molecule has 1 aromatic carbocycles. The molecule has 0 unspecified atom stereocenters. The number of hydrogen-bond acceptors (Lipinski definition) is 4. The van der Waals surface area contributed by atoms with Crippen LogP contribution in [-0.2, 0) is 9.59 Å². The van der Waals surface area contributed by atoms with Crippen LogP contribution in [0.3, 0.4) is 0 Å². The first-order chi connectivity index (χ1) is 15.6. The molecular formula is C26H33N3O3. The van der Waals surface area contributed by atoms with Crippen molar-refractivity contribution < 1.29 is 14.3 Å². The predicted molar refractivity (Wildman–Crippen MR) is 125 cm³/mol. The maximum Gasteiger partial charge on any atom is 0.224 e. The number of anilines is 1. The molecule has 2 aliphatic heterocycles. The Kier molecular flexibility index (Phi) is 7.40. The minimum Gasteiger partial charge on any atom is -0.491 e. The number of piperidine rings is 1. The third kappa shape index (κ3) is 5.47. The predicted octanol–water partition coefficient (Wildman–Crippen LogP) is 4.90. The van der Waals surface area contributed by atoms with Crippen LogP contribution < -0.4 is 10.1 Å². The van der Waals surface area contributed by atoms with Crippen LogP contribution in [0.25, 0.3) is 11.1 Å². The van der Waals surface area contributed by atoms with Crippen molar-refractivity contribution in [3.05, 3.63) is 42.7 Å². The van der Waals surface area contributed by atoms with Crippen molar-refractivity contribution in [3.63, 3.8) is 0 Å². The van der Waals surface area contributed by atoms with E-state index in [0.29, 0.717) is 36.8 Å². The van der Waals surface area contributed by atoms with Gasteiger partial charge in [0.1, 0.15) is 5.75 Å². The summed E-state index contributed by atoms with van der Waals surface area (Å²) in [5, 5.41) is 3.08. The quantitative estimate of drug-likeness (QED) is 0.678. The standard InChI is InChI=1S/C26H33N3O3/c1-2-3-4-7-26(31)29-13-10-20-16-25(30)28-23-15-19(21-6-5-12-27-17-21)8-9-24(23)32-14-11-22(20)18-29/h5-6,8-9,12,15,17,20,22H,2-4,7,10-11,13-14,16,18H2,1H3,(H,28,30)/t20-,22-/m0/s1. The molecule has 1 aromatic heterocycles. The van der Waals surface area contributed by atoms with Crippen molar-refractivity contribution in [1.29, 1.82) is 0 Å². The van der Waals surface area contributed by atoms with Crippen LogP contribution in [0.1, 0.15) is 51.9 Å². The van der Waals surface area contributed by atoms with Gasteiger partial charge in [0.25, 0.3) is 0 Å². The Labute approximate surface area is 190 Å². The molecule has 170 valence electrons. The van der Waals surface area contributed by atoms with Crippen LogP contribution in [0, 0.1) is 11.8 Å². The molecule has 4 rings (SSSR count). The van der Waals surface area contributed by atoms with Crippen molar-refractivity contribution in [3.8, 4) is 16.9 Å². The Bertz CT molecular complexity index is 931. The van der Waals surface area contributed by atoms with E-state index >= 15 is 0 Å². The number of benzene rings is 1. The van der Waals surface area contributed by atoms with E-state index in [1.54, 1.807) is 6.20 Å². The van der Waals surface area contributed by atoms with Crippen LogP contribution in [0.2, 0.25) is 0 Å². The fourth-order valence-corrected chi connectivity index (χ4v) is 4.81. The van der Waals surface area contributed by atoms with E-state index in [-0.39, 0.29) is 17.7 Å². The molecule has 2 amide bonds. The average Bonchev–Trinajstić information content (AvgIpc) is 2.81. The van der Waals surface area contributed by atoms with Gasteiger partial charge in [0.2, 0.25) is 11.8 Å². The number of unbranched alkanes of at least 4 members (excludes halogenated alkanes) is 2. The second-order valence-electron chi connectivity index (χ2n) is 8.95. The summed E-state index contributed by atoms with van der Waals surface area (Å²) < 4.78 is 6.09. The number of fused-ring (bicyclic) bond motifs is 2. The molecule has 1 N–H and O–H groups in total. The van der Waals surface area contributed by atoms with Gasteiger partial charge in [0.05, 0.1) is 12.3 Å². The molecule has 0 spiro atoms. The summed E-state index contributed by atoms with van der Waals surface area (Å²) in [6, 6.07) is 9.77. The van der Waals surface area contributed by atoms with Gasteiger partial charge < -0.3 is 15.0 Å². The lowest BCUT2D eigenvalue weighted by Gasteiger charge is -2.39. The molecule has 0 radical (unpaired) electrons. The topological polar surface area (TPSA) is 71.5 Å². The van der Waals surface area contributed by atoms with Gasteiger partial charge >= 0.3 is 0 Å². The second-order valence-corrected chi connectivity index (χ2v) is 8.95. The molecule has 1 saturated heterocycles. The molecular weight excluding hydrogens is 402 g/mol. The minimum atomic E-state index is 0.0119. The van der Waals surface area contributed by atoms with Gasteiger partial charge in [-0.25, -0.2) is 0 Å². The summed E-state index contributed by atoms with van der Waals surface area (Å²) in [5.74, 6) is 1.53. The number of pyridine rings is 1. The number of aromatic nitrogens is 1. The van der Waals surface area contributed by atoms with Crippen LogP contribution in [-0.4, -0.2) is 41.4 Å². The zero-order chi connectivity index (χ0) is 22.3. The number of carbonyl (C=O) groups is 2. The Balaban J connectivity index is 1.45. The molecule has 0 bridgehead atoms. The molecule has 0 aliphatic carbocycles. The summed E-state index contributed by atoms with van der Waals surface area (Å²) in [6.45, 7) is 4.22. The first-order valence-electron chi connectivity index (χ1n) is 11.9. The summed E-state index contributed by atoms with van der Waals surface area (Å²) >= 11 is 0. The van der Waals surface area contributed by atoms with Crippen molar-refractivity contribution in [1.82, 2.24) is 9.88 Å². The number of ether oxygens (including phenoxy) is 1. The Morgan fingerprint density at radius 1 is 1.19 bits per heavy atom. The molecule has 0 saturated carbocycles. The lowest BCUT2D eigenvalue weighted by atomic mass is 9.81. The molecule has 32 heavy (non-hydrogen) atoms. The highest BCUT2D eigenvalue weighted by Gasteiger charge is 2.33. The minimum absolute atomic E-state index is 0.0119. The largest absolute Gasteiger partial charge is 0.491 e. The number of amides is 2. The maximum atomic E-state index is 12.9. The van der Waals surface area contributed by atoms with Crippen LogP contribution in [0.5, 0.6) is 5.75 Å². The molecule has 6 nitrogen and oxygen atoms in total. The van der Waals surface area contributed by atoms with Crippen LogP contribution >= 0.6 is 0 Å². The number of carbonyl (C=O) groups excluding carboxylic acids is 2. The van der Waals surface area contributed by atoms with E-state index in [4.69, 9.17) is 4.74 Å². The van der Waals surface area contributed by atoms with E-state index in [2.05, 4.69) is 17.2 Å².